The summed E-state index contributed by atoms with van der Waals surface area (Å²) in [5.74, 6) is -0.701. The highest BCUT2D eigenvalue weighted by atomic mass is 32.1. The fourth-order valence-electron chi connectivity index (χ4n) is 3.23. The maximum Gasteiger partial charge on any atom is 0.325 e. The summed E-state index contributed by atoms with van der Waals surface area (Å²) >= 11 is 1.49. The van der Waals surface area contributed by atoms with Crippen molar-refractivity contribution in [2.45, 2.75) is 38.3 Å². The van der Waals surface area contributed by atoms with Crippen LogP contribution in [0.4, 0.5) is 9.93 Å². The molecule has 0 bridgehead atoms. The van der Waals surface area contributed by atoms with Crippen LogP contribution in [0.2, 0.25) is 0 Å². The molecule has 2 aromatic rings. The molecule has 7 nitrogen and oxygen atoms in total. The average Bonchev–Trinajstić information content (AvgIpc) is 3.26. The Labute approximate surface area is 154 Å². The Balaban J connectivity index is 1.36. The predicted octanol–water partition coefficient (Wildman–Crippen LogP) is 2.08. The first-order valence-electron chi connectivity index (χ1n) is 8.54. The molecule has 0 saturated carbocycles. The van der Waals surface area contributed by atoms with Gasteiger partial charge in [0.25, 0.3) is 5.91 Å². The Hall–Kier alpha value is -2.74. The molecule has 0 unspecified atom stereocenters. The van der Waals surface area contributed by atoms with Crippen LogP contribution in [-0.2, 0) is 29.0 Å². The molecule has 1 aromatic carbocycles. The smallest absolute Gasteiger partial charge is 0.325 e. The number of aromatic nitrogens is 1. The van der Waals surface area contributed by atoms with Crippen molar-refractivity contribution in [3.05, 3.63) is 46.5 Å². The molecule has 2 N–H and O–H groups in total. The molecular weight excluding hydrogens is 352 g/mol. The van der Waals surface area contributed by atoms with Gasteiger partial charge in [-0.15, -0.1) is 11.3 Å². The summed E-state index contributed by atoms with van der Waals surface area (Å²) in [5.41, 5.74) is 1.92. The van der Waals surface area contributed by atoms with E-state index in [4.69, 9.17) is 0 Å². The zero-order valence-electron chi connectivity index (χ0n) is 14.0. The number of urea groups is 1. The topological polar surface area (TPSA) is 91.4 Å². The molecule has 4 amide bonds. The van der Waals surface area contributed by atoms with Crippen molar-refractivity contribution < 1.29 is 14.4 Å². The minimum absolute atomic E-state index is 0.0971. The van der Waals surface area contributed by atoms with Crippen LogP contribution in [0, 0.1) is 0 Å². The second kappa shape index (κ2) is 6.87. The number of thiazole rings is 1. The maximum absolute atomic E-state index is 12.5. The summed E-state index contributed by atoms with van der Waals surface area (Å²) in [6.07, 6.45) is 2.98. The van der Waals surface area contributed by atoms with Gasteiger partial charge in [0.05, 0.1) is 18.7 Å². The summed E-state index contributed by atoms with van der Waals surface area (Å²) in [4.78, 5) is 43.6. The third kappa shape index (κ3) is 3.32. The average molecular weight is 370 g/mol. The van der Waals surface area contributed by atoms with E-state index in [2.05, 4.69) is 15.6 Å². The van der Waals surface area contributed by atoms with E-state index in [0.29, 0.717) is 5.13 Å². The summed E-state index contributed by atoms with van der Waals surface area (Å²) in [6.45, 7) is 0.197. The summed E-state index contributed by atoms with van der Waals surface area (Å²) in [6, 6.07) is 7.97. The molecule has 4 rings (SSSR count). The molecular formula is C18H18N4O3S. The fourth-order valence-corrected chi connectivity index (χ4v) is 4.30. The van der Waals surface area contributed by atoms with Crippen LogP contribution < -0.4 is 10.6 Å². The summed E-state index contributed by atoms with van der Waals surface area (Å²) in [5, 5.41) is 5.90. The van der Waals surface area contributed by atoms with E-state index in [9.17, 15) is 14.4 Å². The zero-order valence-corrected chi connectivity index (χ0v) is 14.8. The van der Waals surface area contributed by atoms with E-state index >= 15 is 0 Å². The Morgan fingerprint density at radius 2 is 2.08 bits per heavy atom. The quantitative estimate of drug-likeness (QED) is 0.789. The molecule has 26 heavy (non-hydrogen) atoms. The van der Waals surface area contributed by atoms with E-state index in [0.717, 1.165) is 35.4 Å². The molecule has 1 aromatic heterocycles. The number of nitrogens with one attached hydrogen (secondary N) is 2. The van der Waals surface area contributed by atoms with Gasteiger partial charge < -0.3 is 10.6 Å². The van der Waals surface area contributed by atoms with Crippen molar-refractivity contribution in [2.75, 3.05) is 5.32 Å². The van der Waals surface area contributed by atoms with Crippen molar-refractivity contribution in [1.82, 2.24) is 15.2 Å². The Kier molecular flexibility index (Phi) is 4.42. The lowest BCUT2D eigenvalue weighted by molar-refractivity contribution is -0.130. The van der Waals surface area contributed by atoms with Crippen LogP contribution in [0.1, 0.15) is 29.0 Å². The largest absolute Gasteiger partial charge is 0.325 e. The molecule has 1 saturated heterocycles. The van der Waals surface area contributed by atoms with Crippen molar-refractivity contribution in [1.29, 1.82) is 0 Å². The minimum atomic E-state index is -0.835. The second-order valence-electron chi connectivity index (χ2n) is 6.41. The molecule has 134 valence electrons. The molecule has 8 heteroatoms. The van der Waals surface area contributed by atoms with Gasteiger partial charge in [-0.25, -0.2) is 9.78 Å². The number of anilines is 1. The van der Waals surface area contributed by atoms with Crippen LogP contribution in [0.25, 0.3) is 0 Å². The lowest BCUT2D eigenvalue weighted by Gasteiger charge is -2.12. The lowest BCUT2D eigenvalue weighted by atomic mass is 10.2. The number of amides is 4. The highest BCUT2D eigenvalue weighted by Gasteiger charge is 2.39. The summed E-state index contributed by atoms with van der Waals surface area (Å²) in [7, 11) is 0. The summed E-state index contributed by atoms with van der Waals surface area (Å²) < 4.78 is 0. The molecule has 2 heterocycles. The Morgan fingerprint density at radius 1 is 1.27 bits per heavy atom. The molecule has 1 aliphatic heterocycles. The van der Waals surface area contributed by atoms with Crippen LogP contribution in [0.3, 0.4) is 0 Å². The fraction of sp³-hybridized carbons (Fsp3) is 0.333. The van der Waals surface area contributed by atoms with Gasteiger partial charge in [-0.2, -0.15) is 0 Å². The van der Waals surface area contributed by atoms with E-state index in [1.54, 1.807) is 0 Å². The van der Waals surface area contributed by atoms with Crippen molar-refractivity contribution in [3.8, 4) is 0 Å². The van der Waals surface area contributed by atoms with E-state index in [1.807, 2.05) is 30.3 Å². The normalized spacial score (nSPS) is 18.8. The number of benzene rings is 1. The number of hydrogen-bond acceptors (Lipinski definition) is 5. The number of carbonyl (C=O) groups is 3. The number of rotatable bonds is 5. The highest BCUT2D eigenvalue weighted by molar-refractivity contribution is 7.15. The molecule has 2 aliphatic rings. The van der Waals surface area contributed by atoms with Crippen molar-refractivity contribution in [2.24, 2.45) is 0 Å². The second-order valence-corrected chi connectivity index (χ2v) is 7.49. The van der Waals surface area contributed by atoms with Gasteiger partial charge >= 0.3 is 6.03 Å². The Morgan fingerprint density at radius 3 is 2.85 bits per heavy atom. The van der Waals surface area contributed by atoms with Crippen molar-refractivity contribution >= 4 is 34.3 Å². The number of nitrogens with zero attached hydrogens (tertiary/aromatic N) is 2. The first-order valence-corrected chi connectivity index (χ1v) is 9.36. The molecule has 1 atom stereocenters. The number of aryl methyl sites for hydroxylation is 2. The number of fused-ring (bicyclic) bond motifs is 1. The third-order valence-electron chi connectivity index (χ3n) is 4.52. The third-order valence-corrected chi connectivity index (χ3v) is 5.59. The number of imide groups is 1. The predicted molar refractivity (Wildman–Crippen MR) is 96.7 cm³/mol. The van der Waals surface area contributed by atoms with Crippen LogP contribution in [-0.4, -0.2) is 33.8 Å². The zero-order chi connectivity index (χ0) is 18.1. The van der Waals surface area contributed by atoms with Crippen LogP contribution in [0.5, 0.6) is 0 Å². The van der Waals surface area contributed by atoms with Gasteiger partial charge in [0.2, 0.25) is 5.91 Å². The van der Waals surface area contributed by atoms with Crippen LogP contribution >= 0.6 is 11.3 Å². The van der Waals surface area contributed by atoms with Crippen molar-refractivity contribution in [3.63, 3.8) is 0 Å². The minimum Gasteiger partial charge on any atom is -0.325 e. The molecule has 0 radical (unpaired) electrons. The standard InChI is InChI=1S/C18H18N4O3S/c23-15(21-17-19-12-7-4-8-14(12)26-17)9-13-16(24)22(18(25)20-13)10-11-5-2-1-3-6-11/h1-3,5-6,13H,4,7-10H2,(H,20,25)(H,19,21,23)/t13-/m1/s1. The first-order chi connectivity index (χ1) is 12.6. The van der Waals surface area contributed by atoms with Gasteiger partial charge in [-0.1, -0.05) is 30.3 Å². The molecule has 1 aliphatic carbocycles. The van der Waals surface area contributed by atoms with Gasteiger partial charge in [0.1, 0.15) is 6.04 Å². The molecule has 1 fully saturated rings. The van der Waals surface area contributed by atoms with E-state index in [1.165, 1.54) is 16.2 Å². The van der Waals surface area contributed by atoms with E-state index < -0.39 is 12.1 Å². The lowest BCUT2D eigenvalue weighted by Crippen LogP contribution is -2.34. The first kappa shape index (κ1) is 16.7. The van der Waals surface area contributed by atoms with Gasteiger partial charge in [0, 0.05) is 4.88 Å². The molecule has 0 spiro atoms. The van der Waals surface area contributed by atoms with Gasteiger partial charge in [-0.05, 0) is 24.8 Å². The highest BCUT2D eigenvalue weighted by Crippen LogP contribution is 2.30. The van der Waals surface area contributed by atoms with Gasteiger partial charge in [-0.3, -0.25) is 14.5 Å². The van der Waals surface area contributed by atoms with Gasteiger partial charge in [0.15, 0.2) is 5.13 Å². The SMILES string of the molecule is O=C(C[C@H]1NC(=O)N(Cc2ccccc2)C1=O)Nc1nc2c(s1)CCC2. The number of carbonyl (C=O) groups excluding carboxylic acids is 3. The monoisotopic (exact) mass is 370 g/mol. The number of hydrogen-bond donors (Lipinski definition) is 2. The maximum atomic E-state index is 12.5. The Bertz CT molecular complexity index is 843. The van der Waals surface area contributed by atoms with Crippen LogP contribution in [0.15, 0.2) is 30.3 Å². The van der Waals surface area contributed by atoms with E-state index in [-0.39, 0.29) is 24.8 Å².